The molecule has 0 spiro atoms. The molecule has 1 aliphatic heterocycles. The molecule has 0 saturated carbocycles. The summed E-state index contributed by atoms with van der Waals surface area (Å²) in [5, 5.41) is 10.3. The van der Waals surface area contributed by atoms with Gasteiger partial charge >= 0.3 is 6.01 Å². The van der Waals surface area contributed by atoms with Crippen LogP contribution in [0.1, 0.15) is 17.8 Å². The number of piperidine rings is 1. The van der Waals surface area contributed by atoms with Crippen molar-refractivity contribution in [2.75, 3.05) is 24.6 Å². The fraction of sp³-hybridized carbons (Fsp3) is 0.538. The third-order valence-electron chi connectivity index (χ3n) is 3.35. The van der Waals surface area contributed by atoms with E-state index in [0.29, 0.717) is 18.5 Å². The second-order valence-corrected chi connectivity index (χ2v) is 7.13. The van der Waals surface area contributed by atoms with Gasteiger partial charge in [-0.15, -0.1) is 10.2 Å². The molecule has 6 nitrogen and oxygen atoms in total. The fourth-order valence-corrected chi connectivity index (χ4v) is 3.28. The molecule has 8 heteroatoms. The van der Waals surface area contributed by atoms with Crippen molar-refractivity contribution in [3.63, 3.8) is 0 Å². The molecule has 0 bridgehead atoms. The molecule has 1 unspecified atom stereocenters. The summed E-state index contributed by atoms with van der Waals surface area (Å²) in [6, 6.07) is 0.432. The van der Waals surface area contributed by atoms with Crippen molar-refractivity contribution >= 4 is 32.4 Å². The summed E-state index contributed by atoms with van der Waals surface area (Å²) >= 11 is 4.96. The van der Waals surface area contributed by atoms with E-state index in [1.54, 1.807) is 23.7 Å². The third kappa shape index (κ3) is 3.88. The van der Waals surface area contributed by atoms with Crippen LogP contribution in [-0.2, 0) is 0 Å². The molecule has 1 atom stereocenters. The van der Waals surface area contributed by atoms with Gasteiger partial charge in [-0.3, -0.25) is 0 Å². The Morgan fingerprint density at radius 1 is 1.38 bits per heavy atom. The van der Waals surface area contributed by atoms with Crippen LogP contribution in [0.2, 0.25) is 0 Å². The predicted octanol–water partition coefficient (Wildman–Crippen LogP) is 2.69. The lowest BCUT2D eigenvalue weighted by atomic mass is 9.99. The number of aromatic nitrogens is 4. The van der Waals surface area contributed by atoms with Crippen molar-refractivity contribution in [3.05, 3.63) is 21.9 Å². The van der Waals surface area contributed by atoms with Crippen molar-refractivity contribution in [2.45, 2.75) is 19.8 Å². The minimum Gasteiger partial charge on any atom is -0.463 e. The Bertz CT molecular complexity index is 591. The Hall–Kier alpha value is -1.28. The van der Waals surface area contributed by atoms with Crippen molar-refractivity contribution < 1.29 is 4.74 Å². The molecule has 2 aromatic rings. The van der Waals surface area contributed by atoms with Crippen LogP contribution in [0.5, 0.6) is 6.01 Å². The Balaban J connectivity index is 1.55. The van der Waals surface area contributed by atoms with Crippen molar-refractivity contribution in [1.29, 1.82) is 0 Å². The Kier molecular flexibility index (Phi) is 4.64. The van der Waals surface area contributed by atoms with Crippen molar-refractivity contribution in [3.8, 4) is 6.01 Å². The molecule has 21 heavy (non-hydrogen) atoms. The molecule has 3 rings (SSSR count). The second kappa shape index (κ2) is 6.65. The van der Waals surface area contributed by atoms with E-state index in [4.69, 9.17) is 4.74 Å². The number of hydrogen-bond acceptors (Lipinski definition) is 7. The van der Waals surface area contributed by atoms with Gasteiger partial charge in [-0.2, -0.15) is 0 Å². The van der Waals surface area contributed by atoms with Gasteiger partial charge in [0, 0.05) is 31.4 Å². The molecule has 3 heterocycles. The van der Waals surface area contributed by atoms with Gasteiger partial charge in [-0.1, -0.05) is 11.3 Å². The van der Waals surface area contributed by atoms with Crippen molar-refractivity contribution in [2.24, 2.45) is 5.92 Å². The maximum absolute atomic E-state index is 5.69. The van der Waals surface area contributed by atoms with Crippen LogP contribution in [-0.4, -0.2) is 39.9 Å². The van der Waals surface area contributed by atoms with Gasteiger partial charge in [0.05, 0.1) is 11.1 Å². The van der Waals surface area contributed by atoms with Crippen LogP contribution in [0.25, 0.3) is 0 Å². The van der Waals surface area contributed by atoms with E-state index < -0.39 is 0 Å². The Labute approximate surface area is 135 Å². The first-order valence-electron chi connectivity index (χ1n) is 6.86. The predicted molar refractivity (Wildman–Crippen MR) is 84.8 cm³/mol. The highest BCUT2D eigenvalue weighted by atomic mass is 79.9. The molecule has 112 valence electrons. The van der Waals surface area contributed by atoms with E-state index in [0.717, 1.165) is 40.5 Å². The van der Waals surface area contributed by atoms with E-state index in [9.17, 15) is 0 Å². The van der Waals surface area contributed by atoms with Crippen LogP contribution in [0.15, 0.2) is 16.9 Å². The van der Waals surface area contributed by atoms with Crippen LogP contribution in [0, 0.1) is 12.8 Å². The molecule has 0 amide bonds. The van der Waals surface area contributed by atoms with Gasteiger partial charge in [0.15, 0.2) is 0 Å². The molecule has 1 fully saturated rings. The highest BCUT2D eigenvalue weighted by molar-refractivity contribution is 9.10. The molecule has 0 radical (unpaired) electrons. The van der Waals surface area contributed by atoms with Crippen molar-refractivity contribution in [1.82, 2.24) is 20.2 Å². The summed E-state index contributed by atoms with van der Waals surface area (Å²) in [6.07, 6.45) is 5.69. The third-order valence-corrected chi connectivity index (χ3v) is 4.66. The van der Waals surface area contributed by atoms with Crippen LogP contribution in [0.4, 0.5) is 5.13 Å². The molecular weight excluding hydrogens is 354 g/mol. The van der Waals surface area contributed by atoms with Gasteiger partial charge in [-0.05, 0) is 35.7 Å². The van der Waals surface area contributed by atoms with Gasteiger partial charge in [0.1, 0.15) is 5.01 Å². The number of nitrogens with zero attached hydrogens (tertiary/aromatic N) is 5. The number of anilines is 1. The highest BCUT2D eigenvalue weighted by Gasteiger charge is 2.23. The molecule has 0 aliphatic carbocycles. The summed E-state index contributed by atoms with van der Waals surface area (Å²) in [5.41, 5.74) is 0. The van der Waals surface area contributed by atoms with E-state index in [2.05, 4.69) is 41.0 Å². The first-order chi connectivity index (χ1) is 10.2. The lowest BCUT2D eigenvalue weighted by Gasteiger charge is -2.31. The second-order valence-electron chi connectivity index (χ2n) is 5.05. The first-order valence-corrected chi connectivity index (χ1v) is 8.47. The summed E-state index contributed by atoms with van der Waals surface area (Å²) in [4.78, 5) is 10.6. The van der Waals surface area contributed by atoms with E-state index >= 15 is 0 Å². The smallest absolute Gasteiger partial charge is 0.316 e. The van der Waals surface area contributed by atoms with Crippen LogP contribution < -0.4 is 9.64 Å². The molecule has 0 N–H and O–H groups in total. The van der Waals surface area contributed by atoms with Gasteiger partial charge in [0.2, 0.25) is 5.13 Å². The maximum atomic E-state index is 5.69. The summed E-state index contributed by atoms with van der Waals surface area (Å²) < 4.78 is 6.54. The zero-order chi connectivity index (χ0) is 14.7. The normalized spacial score (nSPS) is 18.8. The van der Waals surface area contributed by atoms with E-state index in [-0.39, 0.29) is 0 Å². The Morgan fingerprint density at radius 3 is 2.90 bits per heavy atom. The average Bonchev–Trinajstić information content (AvgIpc) is 2.94. The standard InChI is InChI=1S/C13H16BrN5OS/c1-9-17-18-13(21-9)19-4-2-3-10(7-19)8-20-12-15-5-11(14)6-16-12/h5-6,10H,2-4,7-8H2,1H3. The topological polar surface area (TPSA) is 64.0 Å². The zero-order valence-electron chi connectivity index (χ0n) is 11.7. The minimum atomic E-state index is 0.432. The SMILES string of the molecule is Cc1nnc(N2CCCC(COc3ncc(Br)cn3)C2)s1. The molecule has 2 aromatic heterocycles. The monoisotopic (exact) mass is 369 g/mol. The zero-order valence-corrected chi connectivity index (χ0v) is 14.1. The number of ether oxygens (including phenoxy) is 1. The maximum Gasteiger partial charge on any atom is 0.316 e. The summed E-state index contributed by atoms with van der Waals surface area (Å²) in [6.45, 7) is 4.61. The largest absolute Gasteiger partial charge is 0.463 e. The number of rotatable bonds is 4. The summed E-state index contributed by atoms with van der Waals surface area (Å²) in [7, 11) is 0. The molecule has 0 aromatic carbocycles. The number of hydrogen-bond donors (Lipinski definition) is 0. The average molecular weight is 370 g/mol. The highest BCUT2D eigenvalue weighted by Crippen LogP contribution is 2.26. The van der Waals surface area contributed by atoms with Gasteiger partial charge in [0.25, 0.3) is 0 Å². The lowest BCUT2D eigenvalue weighted by molar-refractivity contribution is 0.214. The summed E-state index contributed by atoms with van der Waals surface area (Å²) in [5.74, 6) is 0.468. The molecule has 1 aliphatic rings. The van der Waals surface area contributed by atoms with E-state index in [1.165, 1.54) is 0 Å². The number of aryl methyl sites for hydroxylation is 1. The van der Waals surface area contributed by atoms with E-state index in [1.807, 2.05) is 6.92 Å². The minimum absolute atomic E-state index is 0.432. The van der Waals surface area contributed by atoms with Crippen LogP contribution in [0.3, 0.4) is 0 Å². The van der Waals surface area contributed by atoms with Crippen LogP contribution >= 0.6 is 27.3 Å². The Morgan fingerprint density at radius 2 is 2.19 bits per heavy atom. The van der Waals surface area contributed by atoms with Gasteiger partial charge in [-0.25, -0.2) is 9.97 Å². The van der Waals surface area contributed by atoms with Gasteiger partial charge < -0.3 is 9.64 Å². The fourth-order valence-electron chi connectivity index (χ4n) is 2.36. The molecular formula is C13H16BrN5OS. The molecule has 1 saturated heterocycles. The first kappa shape index (κ1) is 14.6. The number of halogens is 1. The lowest BCUT2D eigenvalue weighted by Crippen LogP contribution is -2.37. The quantitative estimate of drug-likeness (QED) is 0.825.